The molecule has 38 heavy (non-hydrogen) atoms. The largest absolute Gasteiger partial charge is 0.483 e. The van der Waals surface area contributed by atoms with Crippen LogP contribution >= 0.6 is 0 Å². The number of benzene rings is 1. The van der Waals surface area contributed by atoms with Crippen molar-refractivity contribution in [3.63, 3.8) is 0 Å². The van der Waals surface area contributed by atoms with E-state index in [1.807, 2.05) is 24.8 Å². The first-order valence-electron chi connectivity index (χ1n) is 14.4. The van der Waals surface area contributed by atoms with Crippen LogP contribution in [0.2, 0.25) is 0 Å². The van der Waals surface area contributed by atoms with Crippen molar-refractivity contribution in [2.75, 3.05) is 26.2 Å². The Morgan fingerprint density at radius 2 is 1.76 bits per heavy atom. The SMILES string of the molecule is CCC(=O)OC(ON(CCCCc1ccccc1)CC(=O)N1CCC(C2CCCCC2)C1)C(C)C.O=CO. The van der Waals surface area contributed by atoms with Crippen molar-refractivity contribution in [1.29, 1.82) is 0 Å². The van der Waals surface area contributed by atoms with E-state index in [0.717, 1.165) is 44.7 Å². The van der Waals surface area contributed by atoms with Gasteiger partial charge >= 0.3 is 5.97 Å². The van der Waals surface area contributed by atoms with Crippen molar-refractivity contribution in [3.8, 4) is 0 Å². The zero-order chi connectivity index (χ0) is 27.8. The third-order valence-corrected chi connectivity index (χ3v) is 7.50. The molecule has 3 rings (SSSR count). The van der Waals surface area contributed by atoms with Gasteiger partial charge < -0.3 is 14.7 Å². The maximum atomic E-state index is 13.3. The number of carbonyl (C=O) groups is 3. The summed E-state index contributed by atoms with van der Waals surface area (Å²) in [6.45, 7) is 8.03. The second-order valence-corrected chi connectivity index (χ2v) is 10.8. The summed E-state index contributed by atoms with van der Waals surface area (Å²) in [5, 5.41) is 8.63. The van der Waals surface area contributed by atoms with E-state index in [1.165, 1.54) is 37.7 Å². The summed E-state index contributed by atoms with van der Waals surface area (Å²) in [6.07, 6.45) is 10.3. The summed E-state index contributed by atoms with van der Waals surface area (Å²) in [7, 11) is 0. The summed E-state index contributed by atoms with van der Waals surface area (Å²) in [5.41, 5.74) is 1.32. The standard InChI is InChI=1S/C29H46N2O4.CH2O2/c1-4-28(33)34-29(23(2)3)35-31(19-12-11-15-24-13-7-5-8-14-24)22-27(32)30-20-18-26(21-30)25-16-9-6-10-17-25;2-1-3/h5,7-8,13-14,23,25-26,29H,4,6,9-12,15-22H2,1-3H3;1H,(H,2,3). The Bertz CT molecular complexity index is 812. The van der Waals surface area contributed by atoms with Crippen LogP contribution in [0.25, 0.3) is 0 Å². The van der Waals surface area contributed by atoms with Crippen molar-refractivity contribution in [2.24, 2.45) is 17.8 Å². The van der Waals surface area contributed by atoms with E-state index < -0.39 is 6.29 Å². The number of rotatable bonds is 13. The molecule has 1 amide bonds. The van der Waals surface area contributed by atoms with Crippen LogP contribution in [0.15, 0.2) is 30.3 Å². The van der Waals surface area contributed by atoms with E-state index in [2.05, 4.69) is 24.3 Å². The molecule has 214 valence electrons. The number of hydroxylamine groups is 2. The number of hydrogen-bond acceptors (Lipinski definition) is 6. The number of unbranched alkanes of at least 4 members (excludes halogenated alkanes) is 1. The molecule has 1 aromatic carbocycles. The van der Waals surface area contributed by atoms with E-state index in [4.69, 9.17) is 19.5 Å². The van der Waals surface area contributed by atoms with Gasteiger partial charge in [-0.15, -0.1) is 0 Å². The molecule has 1 aromatic rings. The minimum absolute atomic E-state index is 0.00473. The van der Waals surface area contributed by atoms with E-state index in [9.17, 15) is 9.59 Å². The molecule has 2 unspecified atom stereocenters. The summed E-state index contributed by atoms with van der Waals surface area (Å²) in [4.78, 5) is 41.8. The molecule has 0 spiro atoms. The minimum Gasteiger partial charge on any atom is -0.483 e. The zero-order valence-corrected chi connectivity index (χ0v) is 23.6. The molecule has 1 saturated heterocycles. The monoisotopic (exact) mass is 532 g/mol. The van der Waals surface area contributed by atoms with Gasteiger partial charge in [-0.3, -0.25) is 19.2 Å². The molecular weight excluding hydrogens is 484 g/mol. The summed E-state index contributed by atoms with van der Waals surface area (Å²) < 4.78 is 5.54. The fourth-order valence-corrected chi connectivity index (χ4v) is 5.33. The maximum absolute atomic E-state index is 13.3. The average molecular weight is 533 g/mol. The fourth-order valence-electron chi connectivity index (χ4n) is 5.33. The molecule has 1 N–H and O–H groups in total. The normalized spacial score (nSPS) is 18.7. The van der Waals surface area contributed by atoms with Gasteiger partial charge in [-0.25, -0.2) is 0 Å². The van der Waals surface area contributed by atoms with Gasteiger partial charge in [0, 0.05) is 32.0 Å². The molecule has 1 aliphatic carbocycles. The van der Waals surface area contributed by atoms with Crippen molar-refractivity contribution in [1.82, 2.24) is 9.96 Å². The fraction of sp³-hybridized carbons (Fsp3) is 0.700. The Morgan fingerprint density at radius 3 is 2.39 bits per heavy atom. The first-order valence-corrected chi connectivity index (χ1v) is 14.4. The van der Waals surface area contributed by atoms with Gasteiger partial charge in [0.25, 0.3) is 6.47 Å². The van der Waals surface area contributed by atoms with Crippen LogP contribution in [0.1, 0.15) is 84.1 Å². The first-order chi connectivity index (χ1) is 18.4. The second kappa shape index (κ2) is 17.9. The Kier molecular flexibility index (Phi) is 15.0. The maximum Gasteiger partial charge on any atom is 0.307 e. The van der Waals surface area contributed by atoms with Crippen LogP contribution in [0.3, 0.4) is 0 Å². The van der Waals surface area contributed by atoms with E-state index >= 15 is 0 Å². The number of ether oxygens (including phenoxy) is 1. The quantitative estimate of drug-likeness (QED) is 0.121. The molecule has 8 heteroatoms. The van der Waals surface area contributed by atoms with Gasteiger partial charge in [-0.05, 0) is 43.1 Å². The smallest absolute Gasteiger partial charge is 0.307 e. The molecular formula is C30H48N2O6. The molecule has 8 nitrogen and oxygen atoms in total. The van der Waals surface area contributed by atoms with Gasteiger partial charge in [0.1, 0.15) is 6.54 Å². The van der Waals surface area contributed by atoms with Crippen LogP contribution in [0.4, 0.5) is 0 Å². The van der Waals surface area contributed by atoms with Gasteiger partial charge in [0.05, 0.1) is 0 Å². The molecule has 0 aromatic heterocycles. The summed E-state index contributed by atoms with van der Waals surface area (Å²) in [6, 6.07) is 10.5. The molecule has 1 aliphatic heterocycles. The van der Waals surface area contributed by atoms with E-state index in [1.54, 1.807) is 12.0 Å². The van der Waals surface area contributed by atoms with Crippen LogP contribution in [0.5, 0.6) is 0 Å². The van der Waals surface area contributed by atoms with Crippen LogP contribution in [-0.4, -0.2) is 65.9 Å². The Hall–Kier alpha value is -2.45. The topological polar surface area (TPSA) is 96.4 Å². The van der Waals surface area contributed by atoms with Gasteiger partial charge in [-0.1, -0.05) is 83.2 Å². The molecule has 1 heterocycles. The second-order valence-electron chi connectivity index (χ2n) is 10.8. The van der Waals surface area contributed by atoms with Crippen molar-refractivity contribution in [2.45, 2.75) is 91.3 Å². The number of aryl methyl sites for hydroxylation is 1. The Labute approximate surface area is 228 Å². The third-order valence-electron chi connectivity index (χ3n) is 7.50. The predicted octanol–water partition coefficient (Wildman–Crippen LogP) is 5.31. The van der Waals surface area contributed by atoms with Gasteiger partial charge in [-0.2, -0.15) is 5.06 Å². The third kappa shape index (κ3) is 11.5. The minimum atomic E-state index is -0.682. The molecule has 2 fully saturated rings. The number of amides is 1. The first kappa shape index (κ1) is 31.8. The van der Waals surface area contributed by atoms with Crippen molar-refractivity contribution in [3.05, 3.63) is 35.9 Å². The van der Waals surface area contributed by atoms with Gasteiger partial charge in [0.2, 0.25) is 12.2 Å². The number of carboxylic acid groups (broad SMARTS) is 1. The lowest BCUT2D eigenvalue weighted by atomic mass is 9.80. The summed E-state index contributed by atoms with van der Waals surface area (Å²) >= 11 is 0. The molecule has 0 bridgehead atoms. The highest BCUT2D eigenvalue weighted by Crippen LogP contribution is 2.35. The highest BCUT2D eigenvalue weighted by atomic mass is 16.8. The lowest BCUT2D eigenvalue weighted by molar-refractivity contribution is -0.284. The predicted molar refractivity (Wildman–Crippen MR) is 147 cm³/mol. The van der Waals surface area contributed by atoms with Crippen LogP contribution in [-0.2, 0) is 30.4 Å². The Balaban J connectivity index is 0.00000161. The number of nitrogens with zero attached hydrogens (tertiary/aromatic N) is 2. The zero-order valence-electron chi connectivity index (χ0n) is 23.6. The highest BCUT2D eigenvalue weighted by molar-refractivity contribution is 5.78. The summed E-state index contributed by atoms with van der Waals surface area (Å²) in [5.74, 6) is 1.26. The highest BCUT2D eigenvalue weighted by Gasteiger charge is 2.33. The van der Waals surface area contributed by atoms with Crippen LogP contribution in [0, 0.1) is 17.8 Å². The lowest BCUT2D eigenvalue weighted by Gasteiger charge is -2.30. The molecule has 2 aliphatic rings. The number of hydrogen-bond donors (Lipinski definition) is 1. The number of carbonyl (C=O) groups excluding carboxylic acids is 2. The lowest BCUT2D eigenvalue weighted by Crippen LogP contribution is -2.43. The molecule has 1 saturated carbocycles. The van der Waals surface area contributed by atoms with E-state index in [-0.39, 0.29) is 30.8 Å². The van der Waals surface area contributed by atoms with Gasteiger partial charge in [0.15, 0.2) is 0 Å². The van der Waals surface area contributed by atoms with Crippen LogP contribution < -0.4 is 0 Å². The Morgan fingerprint density at radius 1 is 1.08 bits per heavy atom. The molecule has 0 radical (unpaired) electrons. The number of esters is 1. The van der Waals surface area contributed by atoms with E-state index in [0.29, 0.717) is 18.9 Å². The van der Waals surface area contributed by atoms with Crippen molar-refractivity contribution >= 4 is 18.3 Å². The average Bonchev–Trinajstić information content (AvgIpc) is 3.42. The molecule has 2 atom stereocenters. The van der Waals surface area contributed by atoms with Crippen molar-refractivity contribution < 1.29 is 29.1 Å². The number of likely N-dealkylation sites (tertiary alicyclic amines) is 1.